The minimum absolute atomic E-state index is 0.334. The van der Waals surface area contributed by atoms with Crippen LogP contribution in [-0.2, 0) is 0 Å². The molecule has 1 aliphatic rings. The molecule has 0 amide bonds. The molecule has 1 N–H and O–H groups in total. The molecule has 4 heteroatoms. The zero-order chi connectivity index (χ0) is 13.8. The number of hydrogen-bond donors (Lipinski definition) is 1. The molecule has 3 nitrogen and oxygen atoms in total. The van der Waals surface area contributed by atoms with Crippen molar-refractivity contribution in [2.45, 2.75) is 64.8 Å². The monoisotopic (exact) mass is 281 g/mol. The molecule has 1 aliphatic carbocycles. The Morgan fingerprint density at radius 1 is 1.21 bits per heavy atom. The number of rotatable bonds is 3. The SMILES string of the molecule is CC1CCCC(Nc2ncnc(Cl)c2C(C)C)CC1. The third-order valence-electron chi connectivity index (χ3n) is 4.01. The van der Waals surface area contributed by atoms with Gasteiger partial charge in [0, 0.05) is 11.6 Å². The highest BCUT2D eigenvalue weighted by Crippen LogP contribution is 2.30. The normalized spacial score (nSPS) is 24.3. The first kappa shape index (κ1) is 14.6. The van der Waals surface area contributed by atoms with E-state index in [1.165, 1.54) is 32.1 Å². The maximum absolute atomic E-state index is 6.21. The molecule has 1 aromatic rings. The fraction of sp³-hybridized carbons (Fsp3) is 0.733. The Morgan fingerprint density at radius 3 is 2.74 bits per heavy atom. The topological polar surface area (TPSA) is 37.8 Å². The second kappa shape index (κ2) is 6.56. The molecule has 1 fully saturated rings. The molecule has 0 aromatic carbocycles. The molecular formula is C15H24ClN3. The summed E-state index contributed by atoms with van der Waals surface area (Å²) in [6.45, 7) is 6.61. The molecule has 1 saturated carbocycles. The Bertz CT molecular complexity index is 420. The summed E-state index contributed by atoms with van der Waals surface area (Å²) in [6.07, 6.45) is 7.95. The Labute approximate surface area is 121 Å². The molecule has 19 heavy (non-hydrogen) atoms. The van der Waals surface area contributed by atoms with Gasteiger partial charge in [0.15, 0.2) is 0 Å². The van der Waals surface area contributed by atoms with Gasteiger partial charge in [0.05, 0.1) is 0 Å². The van der Waals surface area contributed by atoms with E-state index in [0.29, 0.717) is 17.1 Å². The largest absolute Gasteiger partial charge is 0.367 e. The predicted octanol–water partition coefficient (Wildman–Crippen LogP) is 4.63. The van der Waals surface area contributed by atoms with Crippen LogP contribution in [-0.4, -0.2) is 16.0 Å². The molecular weight excluding hydrogens is 258 g/mol. The molecule has 1 heterocycles. The predicted molar refractivity (Wildman–Crippen MR) is 80.8 cm³/mol. The summed E-state index contributed by atoms with van der Waals surface area (Å²) in [5, 5.41) is 4.17. The van der Waals surface area contributed by atoms with Crippen LogP contribution in [0.15, 0.2) is 6.33 Å². The first-order valence-corrected chi connectivity index (χ1v) is 7.72. The molecule has 0 aliphatic heterocycles. The van der Waals surface area contributed by atoms with E-state index in [9.17, 15) is 0 Å². The minimum atomic E-state index is 0.334. The van der Waals surface area contributed by atoms with Crippen molar-refractivity contribution in [2.75, 3.05) is 5.32 Å². The van der Waals surface area contributed by atoms with E-state index in [2.05, 4.69) is 36.1 Å². The molecule has 2 atom stereocenters. The van der Waals surface area contributed by atoms with E-state index >= 15 is 0 Å². The van der Waals surface area contributed by atoms with E-state index in [1.54, 1.807) is 6.33 Å². The lowest BCUT2D eigenvalue weighted by Crippen LogP contribution is -2.21. The second-order valence-corrected chi connectivity index (χ2v) is 6.39. The summed E-state index contributed by atoms with van der Waals surface area (Å²) in [6, 6.07) is 0.522. The van der Waals surface area contributed by atoms with E-state index < -0.39 is 0 Å². The van der Waals surface area contributed by atoms with Gasteiger partial charge in [0.25, 0.3) is 0 Å². The van der Waals surface area contributed by atoms with Crippen LogP contribution >= 0.6 is 11.6 Å². The van der Waals surface area contributed by atoms with Gasteiger partial charge in [0.1, 0.15) is 17.3 Å². The Balaban J connectivity index is 2.12. The highest BCUT2D eigenvalue weighted by atomic mass is 35.5. The number of nitrogens with one attached hydrogen (secondary N) is 1. The lowest BCUT2D eigenvalue weighted by atomic mass is 10.0. The van der Waals surface area contributed by atoms with Gasteiger partial charge in [-0.05, 0) is 31.1 Å². The summed E-state index contributed by atoms with van der Waals surface area (Å²) >= 11 is 6.21. The van der Waals surface area contributed by atoms with Crippen LogP contribution in [0, 0.1) is 5.92 Å². The standard InChI is InChI=1S/C15H24ClN3/c1-10(2)13-14(16)17-9-18-15(13)19-12-6-4-5-11(3)7-8-12/h9-12H,4-8H2,1-3H3,(H,17,18,19). The first-order valence-electron chi connectivity index (χ1n) is 7.34. The van der Waals surface area contributed by atoms with E-state index in [-0.39, 0.29) is 0 Å². The van der Waals surface area contributed by atoms with E-state index in [0.717, 1.165) is 17.3 Å². The van der Waals surface area contributed by atoms with Gasteiger partial charge in [-0.15, -0.1) is 0 Å². The average Bonchev–Trinajstić information content (AvgIpc) is 2.54. The van der Waals surface area contributed by atoms with Gasteiger partial charge in [-0.1, -0.05) is 45.2 Å². The van der Waals surface area contributed by atoms with Gasteiger partial charge < -0.3 is 5.32 Å². The summed E-state index contributed by atoms with van der Waals surface area (Å²) in [5.41, 5.74) is 1.04. The van der Waals surface area contributed by atoms with Gasteiger partial charge in [-0.2, -0.15) is 0 Å². The smallest absolute Gasteiger partial charge is 0.138 e. The zero-order valence-corrected chi connectivity index (χ0v) is 12.9. The van der Waals surface area contributed by atoms with Crippen molar-refractivity contribution >= 4 is 17.4 Å². The molecule has 0 spiro atoms. The Morgan fingerprint density at radius 2 is 2.00 bits per heavy atom. The quantitative estimate of drug-likeness (QED) is 0.648. The zero-order valence-electron chi connectivity index (χ0n) is 12.1. The number of nitrogens with zero attached hydrogens (tertiary/aromatic N) is 2. The Hall–Kier alpha value is -0.830. The van der Waals surface area contributed by atoms with Crippen molar-refractivity contribution in [1.82, 2.24) is 9.97 Å². The number of aromatic nitrogens is 2. The van der Waals surface area contributed by atoms with Crippen LogP contribution in [0.25, 0.3) is 0 Å². The van der Waals surface area contributed by atoms with Crippen molar-refractivity contribution in [3.05, 3.63) is 17.0 Å². The first-order chi connectivity index (χ1) is 9.08. The van der Waals surface area contributed by atoms with Crippen LogP contribution in [0.5, 0.6) is 0 Å². The summed E-state index contributed by atoms with van der Waals surface area (Å²) in [4.78, 5) is 8.50. The highest BCUT2D eigenvalue weighted by Gasteiger charge is 2.19. The van der Waals surface area contributed by atoms with E-state index in [4.69, 9.17) is 11.6 Å². The summed E-state index contributed by atoms with van der Waals surface area (Å²) in [7, 11) is 0. The third-order valence-corrected chi connectivity index (χ3v) is 4.31. The van der Waals surface area contributed by atoms with Gasteiger partial charge >= 0.3 is 0 Å². The van der Waals surface area contributed by atoms with Crippen LogP contribution in [0.2, 0.25) is 5.15 Å². The van der Waals surface area contributed by atoms with Crippen molar-refractivity contribution in [2.24, 2.45) is 5.92 Å². The van der Waals surface area contributed by atoms with Gasteiger partial charge in [-0.3, -0.25) is 0 Å². The lowest BCUT2D eigenvalue weighted by molar-refractivity contribution is 0.501. The Kier molecular flexibility index (Phi) is 5.03. The van der Waals surface area contributed by atoms with Gasteiger partial charge in [-0.25, -0.2) is 9.97 Å². The molecule has 0 radical (unpaired) electrons. The molecule has 106 valence electrons. The minimum Gasteiger partial charge on any atom is -0.367 e. The van der Waals surface area contributed by atoms with E-state index in [1.807, 2.05) is 0 Å². The molecule has 1 aromatic heterocycles. The number of hydrogen-bond acceptors (Lipinski definition) is 3. The molecule has 2 rings (SSSR count). The lowest BCUT2D eigenvalue weighted by Gasteiger charge is -2.20. The second-order valence-electron chi connectivity index (χ2n) is 6.04. The van der Waals surface area contributed by atoms with Crippen molar-refractivity contribution < 1.29 is 0 Å². The molecule has 0 bridgehead atoms. The molecule has 0 saturated heterocycles. The van der Waals surface area contributed by atoms with Crippen molar-refractivity contribution in [1.29, 1.82) is 0 Å². The fourth-order valence-electron chi connectivity index (χ4n) is 2.83. The number of anilines is 1. The summed E-state index contributed by atoms with van der Waals surface area (Å²) in [5.74, 6) is 2.11. The van der Waals surface area contributed by atoms with Gasteiger partial charge in [0.2, 0.25) is 0 Å². The number of halogens is 1. The van der Waals surface area contributed by atoms with Crippen LogP contribution < -0.4 is 5.32 Å². The van der Waals surface area contributed by atoms with Crippen LogP contribution in [0.3, 0.4) is 0 Å². The maximum atomic E-state index is 6.21. The van der Waals surface area contributed by atoms with Crippen molar-refractivity contribution in [3.8, 4) is 0 Å². The maximum Gasteiger partial charge on any atom is 0.138 e. The average molecular weight is 282 g/mol. The fourth-order valence-corrected chi connectivity index (χ4v) is 3.18. The highest BCUT2D eigenvalue weighted by molar-refractivity contribution is 6.30. The van der Waals surface area contributed by atoms with Crippen LogP contribution in [0.4, 0.5) is 5.82 Å². The summed E-state index contributed by atoms with van der Waals surface area (Å²) < 4.78 is 0. The third kappa shape index (κ3) is 3.82. The molecule has 2 unspecified atom stereocenters. The van der Waals surface area contributed by atoms with Crippen LogP contribution in [0.1, 0.15) is 64.4 Å². The van der Waals surface area contributed by atoms with Crippen molar-refractivity contribution in [3.63, 3.8) is 0 Å².